The first-order valence-electron chi connectivity index (χ1n) is 4.84. The largest absolute Gasteiger partial charge is 0.622 e. The Bertz CT molecular complexity index is 420. The van der Waals surface area contributed by atoms with Crippen molar-refractivity contribution in [1.29, 1.82) is 0 Å². The van der Waals surface area contributed by atoms with E-state index in [-0.39, 0.29) is 5.75 Å². The van der Waals surface area contributed by atoms with Gasteiger partial charge in [-0.15, -0.1) is 0 Å². The molecule has 0 aromatic heterocycles. The summed E-state index contributed by atoms with van der Waals surface area (Å²) in [7, 11) is 0. The predicted octanol–water partition coefficient (Wildman–Crippen LogP) is 2.67. The molecule has 0 saturated heterocycles. The van der Waals surface area contributed by atoms with Gasteiger partial charge in [-0.25, -0.2) is 0 Å². The van der Waals surface area contributed by atoms with Crippen molar-refractivity contribution < 1.29 is 5.11 Å². The fourth-order valence-corrected chi connectivity index (χ4v) is 1.70. The first kappa shape index (κ1) is 9.96. The fraction of sp³-hybridized carbons (Fsp3) is 0.167. The monoisotopic (exact) mass is 203 g/mol. The van der Waals surface area contributed by atoms with Crippen LogP contribution in [0.4, 0.5) is 5.69 Å². The number of aromatic hydroxyl groups is 1. The topological polar surface area (TPSA) is 43.3 Å². The minimum Gasteiger partial charge on any atom is -0.622 e. The van der Waals surface area contributed by atoms with Gasteiger partial charge in [0.15, 0.2) is 0 Å². The molecule has 1 heterocycles. The number of quaternary nitrogens is 1. The summed E-state index contributed by atoms with van der Waals surface area (Å²) >= 11 is 0. The number of nitrogens with zero attached hydrogens (tertiary/aromatic N) is 1. The maximum Gasteiger partial charge on any atom is 0.137 e. The molecule has 1 N–H and O–H groups in total. The van der Waals surface area contributed by atoms with E-state index in [0.29, 0.717) is 12.2 Å². The molecule has 2 rings (SSSR count). The van der Waals surface area contributed by atoms with Crippen molar-refractivity contribution >= 4 is 5.69 Å². The maximum atomic E-state index is 12.4. The van der Waals surface area contributed by atoms with Crippen LogP contribution in [0.15, 0.2) is 48.2 Å². The zero-order chi connectivity index (χ0) is 10.9. The van der Waals surface area contributed by atoms with Crippen LogP contribution in [0, 0.1) is 5.21 Å². The molecule has 0 bridgehead atoms. The standard InChI is InChI=1S/C12H13NO2/c1-10-3-2-8-13(15,9-10)11-4-6-12(14)7-5-11/h2-7,9,14H,8H2,1H3/t13-/m0/s1. The number of hydroxylamine groups is 2. The van der Waals surface area contributed by atoms with Crippen LogP contribution in [0.5, 0.6) is 5.75 Å². The van der Waals surface area contributed by atoms with E-state index in [4.69, 9.17) is 5.11 Å². The van der Waals surface area contributed by atoms with Crippen molar-refractivity contribution in [2.75, 3.05) is 6.54 Å². The molecular formula is C12H13NO2. The molecule has 1 atom stereocenters. The zero-order valence-corrected chi connectivity index (χ0v) is 8.55. The highest BCUT2D eigenvalue weighted by Gasteiger charge is 2.19. The minimum atomic E-state index is -0.484. The van der Waals surface area contributed by atoms with Crippen molar-refractivity contribution in [1.82, 2.24) is 4.65 Å². The lowest BCUT2D eigenvalue weighted by molar-refractivity contribution is 0.473. The summed E-state index contributed by atoms with van der Waals surface area (Å²) in [6, 6.07) is 6.39. The van der Waals surface area contributed by atoms with Gasteiger partial charge in [0.1, 0.15) is 24.2 Å². The van der Waals surface area contributed by atoms with Crippen LogP contribution in [-0.2, 0) is 0 Å². The number of hydrogen-bond acceptors (Lipinski definition) is 2. The van der Waals surface area contributed by atoms with Gasteiger partial charge in [0.2, 0.25) is 0 Å². The van der Waals surface area contributed by atoms with Crippen molar-refractivity contribution in [2.24, 2.45) is 0 Å². The Morgan fingerprint density at radius 1 is 1.27 bits per heavy atom. The fourth-order valence-electron chi connectivity index (χ4n) is 1.70. The van der Waals surface area contributed by atoms with Gasteiger partial charge in [-0.05, 0) is 25.1 Å². The van der Waals surface area contributed by atoms with Crippen molar-refractivity contribution in [3.63, 3.8) is 0 Å². The van der Waals surface area contributed by atoms with Crippen molar-refractivity contribution in [2.45, 2.75) is 6.92 Å². The number of phenolic OH excluding ortho intramolecular Hbond substituents is 1. The summed E-state index contributed by atoms with van der Waals surface area (Å²) in [5, 5.41) is 21.5. The molecule has 1 aromatic rings. The van der Waals surface area contributed by atoms with Crippen LogP contribution in [0.3, 0.4) is 0 Å². The van der Waals surface area contributed by atoms with E-state index in [9.17, 15) is 5.21 Å². The Labute approximate surface area is 88.7 Å². The van der Waals surface area contributed by atoms with Gasteiger partial charge in [0.25, 0.3) is 0 Å². The molecule has 0 spiro atoms. The zero-order valence-electron chi connectivity index (χ0n) is 8.55. The van der Waals surface area contributed by atoms with Gasteiger partial charge < -0.3 is 10.3 Å². The molecule has 0 fully saturated rings. The van der Waals surface area contributed by atoms with Crippen LogP contribution in [-0.4, -0.2) is 11.7 Å². The molecule has 1 aliphatic rings. The summed E-state index contributed by atoms with van der Waals surface area (Å²) < 4.78 is -0.484. The van der Waals surface area contributed by atoms with E-state index in [1.165, 1.54) is 12.1 Å². The SMILES string of the molecule is CC1=C[N@+]([O-])(c2ccc(O)cc2)CC=C1. The quantitative estimate of drug-likeness (QED) is 0.563. The summed E-state index contributed by atoms with van der Waals surface area (Å²) in [5.74, 6) is 0.179. The Hall–Kier alpha value is -1.58. The Morgan fingerprint density at radius 3 is 2.53 bits per heavy atom. The molecule has 0 amide bonds. The van der Waals surface area contributed by atoms with E-state index in [2.05, 4.69) is 0 Å². The number of hydrogen-bond donors (Lipinski definition) is 1. The van der Waals surface area contributed by atoms with Gasteiger partial charge in [-0.3, -0.25) is 4.65 Å². The Kier molecular flexibility index (Phi) is 2.34. The van der Waals surface area contributed by atoms with Gasteiger partial charge in [-0.1, -0.05) is 6.08 Å². The summed E-state index contributed by atoms with van der Waals surface area (Å²) in [6.07, 6.45) is 5.48. The van der Waals surface area contributed by atoms with Gasteiger partial charge >= 0.3 is 0 Å². The third-order valence-electron chi connectivity index (χ3n) is 2.46. The lowest BCUT2D eigenvalue weighted by Crippen LogP contribution is -2.38. The summed E-state index contributed by atoms with van der Waals surface area (Å²) in [4.78, 5) is 0. The normalized spacial score (nSPS) is 25.1. The van der Waals surface area contributed by atoms with Gasteiger partial charge in [0, 0.05) is 17.7 Å². The summed E-state index contributed by atoms with van der Waals surface area (Å²) in [5.41, 5.74) is 1.60. The Balaban J connectivity index is 2.38. The molecule has 1 aromatic carbocycles. The lowest BCUT2D eigenvalue weighted by Gasteiger charge is -2.39. The van der Waals surface area contributed by atoms with Crippen molar-refractivity contribution in [3.05, 3.63) is 53.4 Å². The first-order chi connectivity index (χ1) is 7.10. The van der Waals surface area contributed by atoms with Crippen LogP contribution < -0.4 is 4.65 Å². The van der Waals surface area contributed by atoms with E-state index < -0.39 is 4.65 Å². The van der Waals surface area contributed by atoms with E-state index in [1.54, 1.807) is 18.3 Å². The highest BCUT2D eigenvalue weighted by Crippen LogP contribution is 2.27. The third kappa shape index (κ3) is 1.93. The predicted molar refractivity (Wildman–Crippen MR) is 61.0 cm³/mol. The molecule has 0 unspecified atom stereocenters. The number of benzene rings is 1. The van der Waals surface area contributed by atoms with E-state index in [0.717, 1.165) is 5.57 Å². The average Bonchev–Trinajstić information content (AvgIpc) is 2.18. The molecule has 0 aliphatic carbocycles. The van der Waals surface area contributed by atoms with E-state index in [1.807, 2.05) is 19.1 Å². The second kappa shape index (κ2) is 3.53. The van der Waals surface area contributed by atoms with Crippen LogP contribution in [0.1, 0.15) is 6.92 Å². The smallest absolute Gasteiger partial charge is 0.137 e. The maximum absolute atomic E-state index is 12.4. The highest BCUT2D eigenvalue weighted by atomic mass is 16.5. The van der Waals surface area contributed by atoms with Crippen LogP contribution in [0.25, 0.3) is 0 Å². The van der Waals surface area contributed by atoms with Gasteiger partial charge in [-0.2, -0.15) is 0 Å². The summed E-state index contributed by atoms with van der Waals surface area (Å²) in [6.45, 7) is 2.31. The second-order valence-electron chi connectivity index (χ2n) is 3.77. The average molecular weight is 203 g/mol. The lowest BCUT2D eigenvalue weighted by atomic mass is 10.2. The first-order valence-corrected chi connectivity index (χ1v) is 4.84. The molecule has 0 saturated carbocycles. The molecule has 0 radical (unpaired) electrons. The Morgan fingerprint density at radius 2 is 1.93 bits per heavy atom. The van der Waals surface area contributed by atoms with E-state index >= 15 is 0 Å². The second-order valence-corrected chi connectivity index (χ2v) is 3.77. The van der Waals surface area contributed by atoms with Crippen LogP contribution >= 0.6 is 0 Å². The third-order valence-corrected chi connectivity index (χ3v) is 2.46. The molecule has 3 nitrogen and oxygen atoms in total. The minimum absolute atomic E-state index is 0.179. The molecular weight excluding hydrogens is 190 g/mol. The van der Waals surface area contributed by atoms with Crippen molar-refractivity contribution in [3.8, 4) is 5.75 Å². The molecule has 1 aliphatic heterocycles. The molecule has 78 valence electrons. The molecule has 3 heteroatoms. The molecule has 15 heavy (non-hydrogen) atoms. The number of allylic oxidation sites excluding steroid dienone is 2. The highest BCUT2D eigenvalue weighted by molar-refractivity contribution is 5.51. The van der Waals surface area contributed by atoms with Gasteiger partial charge in [0.05, 0.1) is 0 Å². The van der Waals surface area contributed by atoms with Crippen LogP contribution in [0.2, 0.25) is 0 Å². The number of rotatable bonds is 1. The number of phenols is 1.